The highest BCUT2D eigenvalue weighted by atomic mass is 32.2. The van der Waals surface area contributed by atoms with Gasteiger partial charge in [0.25, 0.3) is 0 Å². The number of nitrogens with two attached hydrogens (primary N) is 1. The van der Waals surface area contributed by atoms with Gasteiger partial charge in [0.1, 0.15) is 5.82 Å². The van der Waals surface area contributed by atoms with Gasteiger partial charge in [-0.1, -0.05) is 6.92 Å². The van der Waals surface area contributed by atoms with E-state index in [-0.39, 0.29) is 11.5 Å². The van der Waals surface area contributed by atoms with E-state index in [9.17, 15) is 4.39 Å². The predicted octanol–water partition coefficient (Wildman–Crippen LogP) is 4.11. The summed E-state index contributed by atoms with van der Waals surface area (Å²) in [5.41, 5.74) is 6.69. The molecule has 0 amide bonds. The molecule has 0 aliphatic rings. The number of nitrogen functional groups attached to an aromatic ring is 1. The lowest BCUT2D eigenvalue weighted by Gasteiger charge is -2.01. The Hall–Kier alpha value is -1.07. The van der Waals surface area contributed by atoms with Gasteiger partial charge in [0.05, 0.1) is 16.4 Å². The van der Waals surface area contributed by atoms with Crippen LogP contribution in [0.25, 0.3) is 0 Å². The summed E-state index contributed by atoms with van der Waals surface area (Å²) < 4.78 is 13.3. The molecule has 2 nitrogen and oxygen atoms in total. The Labute approximate surface area is 114 Å². The van der Waals surface area contributed by atoms with Crippen LogP contribution in [0.4, 0.5) is 10.1 Å². The molecule has 0 unspecified atom stereocenters. The van der Waals surface area contributed by atoms with Gasteiger partial charge in [-0.3, -0.25) is 0 Å². The van der Waals surface area contributed by atoms with Crippen molar-refractivity contribution in [2.24, 2.45) is 0 Å². The molecule has 1 aromatic heterocycles. The van der Waals surface area contributed by atoms with E-state index in [4.69, 9.17) is 5.73 Å². The van der Waals surface area contributed by atoms with Crippen LogP contribution >= 0.6 is 23.1 Å². The SMILES string of the molecule is CCCc1nc(CSc2ccc(N)c(F)c2)cs1. The second-order valence-electron chi connectivity index (χ2n) is 3.95. The van der Waals surface area contributed by atoms with Gasteiger partial charge in [0.15, 0.2) is 0 Å². The number of rotatable bonds is 5. The average Bonchev–Trinajstić information content (AvgIpc) is 2.79. The molecule has 1 aromatic carbocycles. The molecule has 0 saturated carbocycles. The summed E-state index contributed by atoms with van der Waals surface area (Å²) in [5, 5.41) is 3.25. The topological polar surface area (TPSA) is 38.9 Å². The highest BCUT2D eigenvalue weighted by Gasteiger charge is 2.04. The third-order valence-electron chi connectivity index (χ3n) is 2.42. The van der Waals surface area contributed by atoms with Gasteiger partial charge in [-0.15, -0.1) is 23.1 Å². The molecule has 0 saturated heterocycles. The smallest absolute Gasteiger partial charge is 0.147 e. The van der Waals surface area contributed by atoms with Gasteiger partial charge in [0.2, 0.25) is 0 Å². The zero-order valence-corrected chi connectivity index (χ0v) is 11.8. The number of hydrogen-bond donors (Lipinski definition) is 1. The van der Waals surface area contributed by atoms with Crippen LogP contribution in [0.1, 0.15) is 24.0 Å². The minimum absolute atomic E-state index is 0.193. The molecule has 0 fully saturated rings. The molecule has 2 N–H and O–H groups in total. The Morgan fingerprint density at radius 2 is 2.28 bits per heavy atom. The molecular weight excluding hydrogens is 267 g/mol. The summed E-state index contributed by atoms with van der Waals surface area (Å²) in [6, 6.07) is 4.91. The summed E-state index contributed by atoms with van der Waals surface area (Å²) in [6.07, 6.45) is 2.15. The van der Waals surface area contributed by atoms with E-state index in [0.717, 1.165) is 29.2 Å². The number of halogens is 1. The van der Waals surface area contributed by atoms with E-state index in [1.807, 2.05) is 6.07 Å². The molecule has 18 heavy (non-hydrogen) atoms. The number of aryl methyl sites for hydroxylation is 1. The van der Waals surface area contributed by atoms with E-state index in [1.54, 1.807) is 29.2 Å². The van der Waals surface area contributed by atoms with Gasteiger partial charge >= 0.3 is 0 Å². The van der Waals surface area contributed by atoms with E-state index in [1.165, 1.54) is 11.1 Å². The van der Waals surface area contributed by atoms with Crippen LogP contribution in [0, 0.1) is 5.82 Å². The number of benzene rings is 1. The van der Waals surface area contributed by atoms with E-state index in [0.29, 0.717) is 0 Å². The molecule has 0 radical (unpaired) electrons. The summed E-state index contributed by atoms with van der Waals surface area (Å²) in [5.74, 6) is 0.411. The number of anilines is 1. The summed E-state index contributed by atoms with van der Waals surface area (Å²) in [7, 11) is 0. The molecule has 96 valence electrons. The van der Waals surface area contributed by atoms with Crippen molar-refractivity contribution in [2.75, 3.05) is 5.73 Å². The van der Waals surface area contributed by atoms with Crippen molar-refractivity contribution >= 4 is 28.8 Å². The average molecular weight is 282 g/mol. The van der Waals surface area contributed by atoms with Crippen LogP contribution in [0.15, 0.2) is 28.5 Å². The minimum atomic E-state index is -0.357. The largest absolute Gasteiger partial charge is 0.396 e. The van der Waals surface area contributed by atoms with Crippen molar-refractivity contribution in [3.63, 3.8) is 0 Å². The fourth-order valence-electron chi connectivity index (χ4n) is 1.50. The van der Waals surface area contributed by atoms with Gasteiger partial charge in [-0.2, -0.15) is 0 Å². The maximum Gasteiger partial charge on any atom is 0.147 e. The maximum absolute atomic E-state index is 13.3. The van der Waals surface area contributed by atoms with Crippen LogP contribution in [-0.4, -0.2) is 4.98 Å². The standard InChI is InChI=1S/C13H15FN2S2/c1-2-3-13-16-9(8-18-13)7-17-10-4-5-12(15)11(14)6-10/h4-6,8H,2-3,7,15H2,1H3. The predicted molar refractivity (Wildman–Crippen MR) is 76.5 cm³/mol. The van der Waals surface area contributed by atoms with E-state index >= 15 is 0 Å². The molecule has 0 atom stereocenters. The Morgan fingerprint density at radius 1 is 1.44 bits per heavy atom. The Kier molecular flexibility index (Phi) is 4.60. The fraction of sp³-hybridized carbons (Fsp3) is 0.308. The Balaban J connectivity index is 1.95. The highest BCUT2D eigenvalue weighted by molar-refractivity contribution is 7.98. The number of hydrogen-bond acceptors (Lipinski definition) is 4. The molecule has 0 aliphatic carbocycles. The third kappa shape index (κ3) is 3.46. The van der Waals surface area contributed by atoms with Crippen molar-refractivity contribution in [1.29, 1.82) is 0 Å². The first-order valence-corrected chi connectivity index (χ1v) is 7.66. The van der Waals surface area contributed by atoms with Crippen molar-refractivity contribution in [3.8, 4) is 0 Å². The second kappa shape index (κ2) is 6.20. The summed E-state index contributed by atoms with van der Waals surface area (Å²) >= 11 is 3.27. The van der Waals surface area contributed by atoms with Gasteiger partial charge in [-0.05, 0) is 31.0 Å². The fourth-order valence-corrected chi connectivity index (χ4v) is 3.32. The summed E-state index contributed by atoms with van der Waals surface area (Å²) in [6.45, 7) is 2.15. The van der Waals surface area contributed by atoms with Crippen molar-refractivity contribution in [2.45, 2.75) is 30.4 Å². The van der Waals surface area contributed by atoms with Gasteiger partial charge in [-0.25, -0.2) is 9.37 Å². The lowest BCUT2D eigenvalue weighted by Crippen LogP contribution is -1.90. The Morgan fingerprint density at radius 3 is 3.00 bits per heavy atom. The first-order valence-electron chi connectivity index (χ1n) is 5.80. The van der Waals surface area contributed by atoms with E-state index in [2.05, 4.69) is 17.3 Å². The zero-order valence-electron chi connectivity index (χ0n) is 10.1. The van der Waals surface area contributed by atoms with E-state index < -0.39 is 0 Å². The first kappa shape index (κ1) is 13.4. The van der Waals surface area contributed by atoms with Crippen LogP contribution in [-0.2, 0) is 12.2 Å². The molecule has 0 bridgehead atoms. The molecular formula is C13H15FN2S2. The quantitative estimate of drug-likeness (QED) is 0.662. The number of thiazole rings is 1. The van der Waals surface area contributed by atoms with Gasteiger partial charge in [0, 0.05) is 16.0 Å². The van der Waals surface area contributed by atoms with Crippen LogP contribution in [0.2, 0.25) is 0 Å². The van der Waals surface area contributed by atoms with Gasteiger partial charge < -0.3 is 5.73 Å². The van der Waals surface area contributed by atoms with Crippen molar-refractivity contribution in [1.82, 2.24) is 4.98 Å². The molecule has 1 heterocycles. The first-order chi connectivity index (χ1) is 8.69. The molecule has 0 aliphatic heterocycles. The molecule has 5 heteroatoms. The number of nitrogens with zero attached hydrogens (tertiary/aromatic N) is 1. The lowest BCUT2D eigenvalue weighted by molar-refractivity contribution is 0.629. The zero-order chi connectivity index (χ0) is 13.0. The van der Waals surface area contributed by atoms with Crippen LogP contribution in [0.3, 0.4) is 0 Å². The monoisotopic (exact) mass is 282 g/mol. The molecule has 0 spiro atoms. The van der Waals surface area contributed by atoms with Crippen LogP contribution < -0.4 is 5.73 Å². The molecule has 2 aromatic rings. The maximum atomic E-state index is 13.3. The highest BCUT2D eigenvalue weighted by Crippen LogP contribution is 2.26. The van der Waals surface area contributed by atoms with Crippen molar-refractivity contribution < 1.29 is 4.39 Å². The molecule has 2 rings (SSSR count). The minimum Gasteiger partial charge on any atom is -0.396 e. The second-order valence-corrected chi connectivity index (χ2v) is 5.95. The van der Waals surface area contributed by atoms with Crippen LogP contribution in [0.5, 0.6) is 0 Å². The number of thioether (sulfide) groups is 1. The number of aromatic nitrogens is 1. The normalized spacial score (nSPS) is 10.8. The third-order valence-corrected chi connectivity index (χ3v) is 4.41. The lowest BCUT2D eigenvalue weighted by atomic mass is 10.3. The Bertz CT molecular complexity index is 525. The summed E-state index contributed by atoms with van der Waals surface area (Å²) in [4.78, 5) is 5.42. The van der Waals surface area contributed by atoms with Crippen molar-refractivity contribution in [3.05, 3.63) is 40.1 Å².